The van der Waals surface area contributed by atoms with E-state index in [0.717, 1.165) is 19.6 Å². The molecule has 6 heteroatoms. The highest BCUT2D eigenvalue weighted by Gasteiger charge is 2.46. The van der Waals surface area contributed by atoms with Crippen LogP contribution in [0.2, 0.25) is 0 Å². The van der Waals surface area contributed by atoms with E-state index in [-0.39, 0.29) is 0 Å². The molecule has 5 N–H and O–H groups in total. The summed E-state index contributed by atoms with van der Waals surface area (Å²) in [5.41, 5.74) is 9.83. The molecule has 134 valence electrons. The van der Waals surface area contributed by atoms with Gasteiger partial charge in [-0.25, -0.2) is 10.4 Å². The summed E-state index contributed by atoms with van der Waals surface area (Å²) in [6, 6.07) is 11.6. The summed E-state index contributed by atoms with van der Waals surface area (Å²) >= 11 is 2.00. The number of nitrogens with zero attached hydrogens (tertiary/aromatic N) is 2. The summed E-state index contributed by atoms with van der Waals surface area (Å²) < 4.78 is 0. The molecule has 4 atom stereocenters. The fraction of sp³-hybridized carbons (Fsp3) is 0.667. The SMILES string of the molecule is CCCN(CCCC[NH3+])C1NN2C(NC(c3ccccc3)C2C)S1. The molecule has 1 aromatic rings. The Morgan fingerprint density at radius 1 is 1.21 bits per heavy atom. The van der Waals surface area contributed by atoms with Crippen LogP contribution in [-0.2, 0) is 0 Å². The van der Waals surface area contributed by atoms with Crippen molar-refractivity contribution in [1.82, 2.24) is 20.7 Å². The molecule has 2 fully saturated rings. The van der Waals surface area contributed by atoms with Crippen LogP contribution in [0.3, 0.4) is 0 Å². The van der Waals surface area contributed by atoms with Gasteiger partial charge in [-0.2, -0.15) is 0 Å². The smallest absolute Gasteiger partial charge is 0.124 e. The first-order chi connectivity index (χ1) is 11.7. The first kappa shape index (κ1) is 18.2. The molecule has 2 heterocycles. The van der Waals surface area contributed by atoms with E-state index in [0.29, 0.717) is 23.1 Å². The van der Waals surface area contributed by atoms with Gasteiger partial charge in [0.15, 0.2) is 0 Å². The van der Waals surface area contributed by atoms with Gasteiger partial charge >= 0.3 is 0 Å². The van der Waals surface area contributed by atoms with Gasteiger partial charge in [-0.05, 0) is 31.7 Å². The van der Waals surface area contributed by atoms with Gasteiger partial charge in [0, 0.05) is 19.1 Å². The van der Waals surface area contributed by atoms with E-state index in [9.17, 15) is 0 Å². The summed E-state index contributed by atoms with van der Waals surface area (Å²) in [4.78, 5) is 2.59. The third kappa shape index (κ3) is 3.95. The molecule has 3 rings (SSSR count). The predicted octanol–water partition coefficient (Wildman–Crippen LogP) is 1.57. The van der Waals surface area contributed by atoms with Crippen molar-refractivity contribution < 1.29 is 5.73 Å². The lowest BCUT2D eigenvalue weighted by Crippen LogP contribution is -2.51. The zero-order chi connectivity index (χ0) is 16.9. The summed E-state index contributed by atoms with van der Waals surface area (Å²) in [6.45, 7) is 7.93. The molecule has 24 heavy (non-hydrogen) atoms. The van der Waals surface area contributed by atoms with Gasteiger partial charge in [-0.15, -0.1) is 0 Å². The minimum Gasteiger partial charge on any atom is -0.358 e. The van der Waals surface area contributed by atoms with E-state index in [2.05, 4.69) is 70.6 Å². The van der Waals surface area contributed by atoms with Crippen LogP contribution in [0.5, 0.6) is 0 Å². The Kier molecular flexibility index (Phi) is 6.55. The van der Waals surface area contributed by atoms with Gasteiger partial charge in [0.1, 0.15) is 11.0 Å². The normalized spacial score (nSPS) is 30.2. The largest absolute Gasteiger partial charge is 0.358 e. The molecule has 2 aliphatic rings. The molecular formula is C18H32N5S+. The zero-order valence-electron chi connectivity index (χ0n) is 14.9. The van der Waals surface area contributed by atoms with Crippen molar-refractivity contribution in [3.8, 4) is 0 Å². The maximum atomic E-state index is 3.96. The van der Waals surface area contributed by atoms with Crippen molar-refractivity contribution in [2.24, 2.45) is 0 Å². The highest BCUT2D eigenvalue weighted by molar-refractivity contribution is 8.00. The van der Waals surface area contributed by atoms with E-state index in [1.165, 1.54) is 24.8 Å². The number of hydrogen-bond donors (Lipinski definition) is 3. The Hall–Kier alpha value is -0.630. The van der Waals surface area contributed by atoms with Crippen molar-refractivity contribution in [2.75, 3.05) is 19.6 Å². The quantitative estimate of drug-likeness (QED) is 0.622. The molecule has 2 saturated heterocycles. The number of nitrogens with one attached hydrogen (secondary N) is 2. The van der Waals surface area contributed by atoms with Crippen LogP contribution in [-0.4, -0.2) is 46.6 Å². The fourth-order valence-electron chi connectivity index (χ4n) is 3.65. The van der Waals surface area contributed by atoms with Crippen LogP contribution in [0.25, 0.3) is 0 Å². The average Bonchev–Trinajstić information content (AvgIpc) is 3.15. The third-order valence-corrected chi connectivity index (χ3v) is 6.24. The topological polar surface area (TPSA) is 58.2 Å². The molecule has 1 aromatic carbocycles. The number of benzene rings is 1. The molecule has 0 aliphatic carbocycles. The molecule has 0 spiro atoms. The lowest BCUT2D eigenvalue weighted by atomic mass is 10.0. The molecule has 4 unspecified atom stereocenters. The van der Waals surface area contributed by atoms with Crippen molar-refractivity contribution >= 4 is 11.8 Å². The number of rotatable bonds is 8. The second-order valence-electron chi connectivity index (χ2n) is 6.77. The Morgan fingerprint density at radius 2 is 2.00 bits per heavy atom. The average molecular weight is 351 g/mol. The lowest BCUT2D eigenvalue weighted by molar-refractivity contribution is -0.368. The van der Waals surface area contributed by atoms with Gasteiger partial charge in [-0.3, -0.25) is 10.2 Å². The van der Waals surface area contributed by atoms with Crippen molar-refractivity contribution in [2.45, 2.75) is 56.2 Å². The minimum atomic E-state index is 0.349. The van der Waals surface area contributed by atoms with Gasteiger partial charge in [0.05, 0.1) is 12.6 Å². The van der Waals surface area contributed by atoms with Crippen LogP contribution in [0.15, 0.2) is 30.3 Å². The highest BCUT2D eigenvalue weighted by atomic mass is 32.2. The van der Waals surface area contributed by atoms with E-state index >= 15 is 0 Å². The summed E-state index contributed by atoms with van der Waals surface area (Å²) in [5.74, 6) is 0. The summed E-state index contributed by atoms with van der Waals surface area (Å²) in [6.07, 6.45) is 3.65. The van der Waals surface area contributed by atoms with E-state index in [1.807, 2.05) is 11.8 Å². The van der Waals surface area contributed by atoms with Crippen LogP contribution >= 0.6 is 11.8 Å². The van der Waals surface area contributed by atoms with Gasteiger partial charge < -0.3 is 5.73 Å². The molecule has 0 radical (unpaired) electrons. The molecule has 0 saturated carbocycles. The number of fused-ring (bicyclic) bond motifs is 1. The van der Waals surface area contributed by atoms with Crippen molar-refractivity contribution in [3.63, 3.8) is 0 Å². The zero-order valence-corrected chi connectivity index (χ0v) is 15.8. The maximum absolute atomic E-state index is 3.96. The second-order valence-corrected chi connectivity index (χ2v) is 7.93. The lowest BCUT2D eigenvalue weighted by Gasteiger charge is -2.30. The van der Waals surface area contributed by atoms with Crippen LogP contribution < -0.4 is 16.5 Å². The van der Waals surface area contributed by atoms with E-state index < -0.39 is 0 Å². The molecule has 5 nitrogen and oxygen atoms in total. The minimum absolute atomic E-state index is 0.349. The molecule has 0 amide bonds. The van der Waals surface area contributed by atoms with E-state index in [4.69, 9.17) is 0 Å². The first-order valence-corrected chi connectivity index (χ1v) is 10.2. The van der Waals surface area contributed by atoms with Crippen LogP contribution in [0, 0.1) is 0 Å². The van der Waals surface area contributed by atoms with Gasteiger partial charge in [0.2, 0.25) is 0 Å². The number of unbranched alkanes of at least 4 members (excludes halogenated alkanes) is 1. The fourth-order valence-corrected chi connectivity index (χ4v) is 5.06. The Labute approximate surface area is 150 Å². The number of quaternary nitrogens is 1. The molecule has 2 aliphatic heterocycles. The molecule has 0 aromatic heterocycles. The monoisotopic (exact) mass is 350 g/mol. The molecule has 0 bridgehead atoms. The standard InChI is InChI=1S/C18H31N5S/c1-3-12-22(13-8-7-11-19)18-21-23-14(2)16(20-17(23)24-18)15-9-5-4-6-10-15/h4-6,9-10,14,16-18,20-21H,3,7-8,11-13,19H2,1-2H3/p+1. The maximum Gasteiger partial charge on any atom is 0.124 e. The Morgan fingerprint density at radius 3 is 2.67 bits per heavy atom. The Bertz CT molecular complexity index is 499. The van der Waals surface area contributed by atoms with Crippen molar-refractivity contribution in [3.05, 3.63) is 35.9 Å². The van der Waals surface area contributed by atoms with Crippen LogP contribution in [0.1, 0.15) is 44.7 Å². The third-order valence-electron chi connectivity index (χ3n) is 4.96. The van der Waals surface area contributed by atoms with Crippen molar-refractivity contribution in [1.29, 1.82) is 0 Å². The van der Waals surface area contributed by atoms with E-state index in [1.54, 1.807) is 0 Å². The predicted molar refractivity (Wildman–Crippen MR) is 101 cm³/mol. The van der Waals surface area contributed by atoms with Gasteiger partial charge in [-0.1, -0.05) is 49.0 Å². The number of hydrogen-bond acceptors (Lipinski definition) is 5. The summed E-state index contributed by atoms with van der Waals surface area (Å²) in [5, 5.41) is 6.22. The number of thioether (sulfide) groups is 1. The highest BCUT2D eigenvalue weighted by Crippen LogP contribution is 2.38. The van der Waals surface area contributed by atoms with Crippen LogP contribution in [0.4, 0.5) is 0 Å². The second kappa shape index (κ2) is 8.65. The first-order valence-electron chi connectivity index (χ1n) is 9.29. The van der Waals surface area contributed by atoms with Gasteiger partial charge in [0.25, 0.3) is 0 Å². The Balaban J connectivity index is 1.60. The molecular weight excluding hydrogens is 318 g/mol. The summed E-state index contributed by atoms with van der Waals surface area (Å²) in [7, 11) is 0. The number of hydrazine groups is 1.